The van der Waals surface area contributed by atoms with Gasteiger partial charge in [-0.3, -0.25) is 57.5 Å². The predicted octanol–water partition coefficient (Wildman–Crippen LogP) is -6.38. The lowest BCUT2D eigenvalue weighted by molar-refractivity contribution is -0.144. The molecule has 0 bridgehead atoms. The average Bonchev–Trinajstić information content (AvgIpc) is 3.81. The van der Waals surface area contributed by atoms with Gasteiger partial charge in [0.1, 0.15) is 60.1 Å². The highest BCUT2D eigenvalue weighted by molar-refractivity contribution is 5.99. The highest BCUT2D eigenvalue weighted by atomic mass is 16.4. The van der Waals surface area contributed by atoms with Crippen LogP contribution in [-0.4, -0.2) is 198 Å². The molecule has 0 radical (unpaired) electrons. The highest BCUT2D eigenvalue weighted by Crippen LogP contribution is 2.21. The molecule has 1 heterocycles. The van der Waals surface area contributed by atoms with Crippen molar-refractivity contribution >= 4 is 71.1 Å². The Labute approximate surface area is 417 Å². The number of phenols is 1. The smallest absolute Gasteiger partial charge is 0.325 e. The number of aliphatic hydroxyl groups excluding tert-OH is 3. The number of nitrogens with two attached hydrogens (primary N) is 1. The van der Waals surface area contributed by atoms with E-state index in [1.54, 1.807) is 0 Å². The van der Waals surface area contributed by atoms with E-state index < -0.39 is 176 Å². The molecule has 2 rings (SSSR count). The molecule has 1 fully saturated rings. The largest absolute Gasteiger partial charge is 0.508 e. The minimum absolute atomic E-state index is 0.00241. The van der Waals surface area contributed by atoms with Gasteiger partial charge in [-0.25, -0.2) is 0 Å². The number of nitrogens with zero attached hydrogens (tertiary/aromatic N) is 1. The number of carboxylic acids is 3. The third kappa shape index (κ3) is 19.6. The first-order chi connectivity index (χ1) is 34.1. The second-order valence-corrected chi connectivity index (χ2v) is 17.6. The fourth-order valence-electron chi connectivity index (χ4n) is 7.07. The number of rotatable bonds is 29. The highest BCUT2D eigenvalue weighted by Gasteiger charge is 2.41. The number of carbonyl (C=O) groups excluding carboxylic acids is 9. The standard InChI is InChI=1S/C44H66N10O19/c1-19(2)33(52-35(63)20(3)46-36(64)25(45)16-32(61)62)41(69)48-26(12-13-31(59)60)43(71)54-14-6-7-30(54)40(68)49-27(15-23-8-10-24(58)11-9-23)37(65)50-28(17-55)38(66)51-29(18-56)39(67)53-34(22(5)57)42(70)47-21(4)44(72)73/h8-11,19-22,25-30,33-34,55-58H,6-7,12-18,45H2,1-5H3,(H,46,64)(H,47,70)(H,48,69)(H,49,68)(H,50,65)(H,51,66)(H,52,63)(H,53,67)(H,59,60)(H,61,62)(H,72,73)/t20-,21-,22+,25-,26-,27-,28-,29-,30-,33-,34-/m0/s1. The molecule has 9 amide bonds. The normalized spacial score (nSPS) is 17.3. The Balaban J connectivity index is 2.34. The number of aliphatic carboxylic acids is 3. The first-order valence-corrected chi connectivity index (χ1v) is 22.9. The van der Waals surface area contributed by atoms with Crippen molar-refractivity contribution in [2.45, 2.75) is 140 Å². The van der Waals surface area contributed by atoms with Gasteiger partial charge in [0.2, 0.25) is 53.2 Å². The van der Waals surface area contributed by atoms with Gasteiger partial charge in [-0.1, -0.05) is 26.0 Å². The van der Waals surface area contributed by atoms with Crippen molar-refractivity contribution in [3.05, 3.63) is 29.8 Å². The zero-order valence-electron chi connectivity index (χ0n) is 40.7. The predicted molar refractivity (Wildman–Crippen MR) is 249 cm³/mol. The summed E-state index contributed by atoms with van der Waals surface area (Å²) in [5.74, 6) is -14.4. The van der Waals surface area contributed by atoms with Crippen LogP contribution >= 0.6 is 0 Å². The average molecular weight is 1040 g/mol. The molecule has 29 heteroatoms. The first kappa shape index (κ1) is 61.6. The quantitative estimate of drug-likeness (QED) is 0.0355. The van der Waals surface area contributed by atoms with Crippen LogP contribution in [0.5, 0.6) is 5.75 Å². The fourth-order valence-corrected chi connectivity index (χ4v) is 7.07. The van der Waals surface area contributed by atoms with E-state index in [-0.39, 0.29) is 31.6 Å². The molecule has 1 aliphatic heterocycles. The van der Waals surface area contributed by atoms with E-state index in [1.807, 2.05) is 0 Å². The Morgan fingerprint density at radius 3 is 1.63 bits per heavy atom. The zero-order valence-corrected chi connectivity index (χ0v) is 40.7. The van der Waals surface area contributed by atoms with Crippen LogP contribution in [-0.2, 0) is 64.0 Å². The summed E-state index contributed by atoms with van der Waals surface area (Å²) in [6.45, 7) is 4.16. The molecule has 1 saturated heterocycles. The zero-order chi connectivity index (χ0) is 55.4. The summed E-state index contributed by atoms with van der Waals surface area (Å²) in [4.78, 5) is 155. The third-order valence-electron chi connectivity index (χ3n) is 11.3. The summed E-state index contributed by atoms with van der Waals surface area (Å²) in [7, 11) is 0. The number of benzene rings is 1. The van der Waals surface area contributed by atoms with Crippen LogP contribution in [0.2, 0.25) is 0 Å². The van der Waals surface area contributed by atoms with Gasteiger partial charge in [0.15, 0.2) is 0 Å². The number of carboxylic acid groups (broad SMARTS) is 3. The summed E-state index contributed by atoms with van der Waals surface area (Å²) >= 11 is 0. The van der Waals surface area contributed by atoms with Crippen LogP contribution < -0.4 is 48.3 Å². The number of carbonyl (C=O) groups is 12. The lowest BCUT2D eigenvalue weighted by Crippen LogP contribution is -2.62. The number of aliphatic hydroxyl groups is 3. The van der Waals surface area contributed by atoms with Gasteiger partial charge < -0.3 is 88.9 Å². The molecular formula is C44H66N10O19. The molecule has 1 aromatic carbocycles. The van der Waals surface area contributed by atoms with Gasteiger partial charge in [-0.15, -0.1) is 0 Å². The molecular weight excluding hydrogens is 973 g/mol. The van der Waals surface area contributed by atoms with Gasteiger partial charge in [-0.05, 0) is 63.6 Å². The summed E-state index contributed by atoms with van der Waals surface area (Å²) in [5.41, 5.74) is 5.91. The van der Waals surface area contributed by atoms with E-state index in [4.69, 9.17) is 15.9 Å². The van der Waals surface area contributed by atoms with E-state index in [2.05, 4.69) is 42.5 Å². The molecule has 0 spiro atoms. The Bertz CT molecular complexity index is 2180. The maximum atomic E-state index is 14.2. The van der Waals surface area contributed by atoms with Crippen LogP contribution in [0.1, 0.15) is 72.3 Å². The van der Waals surface area contributed by atoms with Crippen LogP contribution in [0.4, 0.5) is 0 Å². The number of likely N-dealkylation sites (tertiary alicyclic amines) is 1. The Kier molecular flexibility index (Phi) is 24.6. The molecule has 1 aromatic rings. The van der Waals surface area contributed by atoms with Crippen molar-refractivity contribution in [1.29, 1.82) is 0 Å². The molecule has 0 unspecified atom stereocenters. The molecule has 73 heavy (non-hydrogen) atoms. The van der Waals surface area contributed by atoms with Crippen molar-refractivity contribution in [3.8, 4) is 5.75 Å². The van der Waals surface area contributed by atoms with Crippen molar-refractivity contribution in [3.63, 3.8) is 0 Å². The van der Waals surface area contributed by atoms with Crippen LogP contribution in [0, 0.1) is 5.92 Å². The second kappa shape index (κ2) is 29.1. The van der Waals surface area contributed by atoms with Crippen molar-refractivity contribution in [2.24, 2.45) is 11.7 Å². The molecule has 406 valence electrons. The van der Waals surface area contributed by atoms with Crippen molar-refractivity contribution in [1.82, 2.24) is 47.4 Å². The van der Waals surface area contributed by atoms with Gasteiger partial charge in [0.25, 0.3) is 0 Å². The third-order valence-corrected chi connectivity index (χ3v) is 11.3. The second-order valence-electron chi connectivity index (χ2n) is 17.6. The molecule has 29 nitrogen and oxygen atoms in total. The molecule has 0 aromatic heterocycles. The maximum absolute atomic E-state index is 14.2. The molecule has 1 aliphatic rings. The lowest BCUT2D eigenvalue weighted by atomic mass is 10.0. The van der Waals surface area contributed by atoms with E-state index in [0.29, 0.717) is 5.56 Å². The van der Waals surface area contributed by atoms with Crippen molar-refractivity contribution < 1.29 is 93.3 Å². The number of amides is 9. The minimum atomic E-state index is -1.88. The maximum Gasteiger partial charge on any atom is 0.325 e. The Morgan fingerprint density at radius 2 is 1.12 bits per heavy atom. The number of nitrogens with one attached hydrogen (secondary N) is 8. The van der Waals surface area contributed by atoms with Crippen LogP contribution in [0.25, 0.3) is 0 Å². The van der Waals surface area contributed by atoms with E-state index in [1.165, 1.54) is 45.0 Å². The molecule has 0 aliphatic carbocycles. The Morgan fingerprint density at radius 1 is 0.616 bits per heavy atom. The van der Waals surface area contributed by atoms with E-state index in [9.17, 15) is 83.1 Å². The first-order valence-electron chi connectivity index (χ1n) is 22.9. The van der Waals surface area contributed by atoms with Crippen molar-refractivity contribution in [2.75, 3.05) is 19.8 Å². The Hall–Kier alpha value is -7.50. The number of hydrogen-bond acceptors (Lipinski definition) is 17. The van der Waals surface area contributed by atoms with Crippen LogP contribution in [0.3, 0.4) is 0 Å². The summed E-state index contributed by atoms with van der Waals surface area (Å²) in [5, 5.41) is 85.8. The molecule has 17 N–H and O–H groups in total. The summed E-state index contributed by atoms with van der Waals surface area (Å²) in [6.07, 6.45) is -3.61. The monoisotopic (exact) mass is 1040 g/mol. The topological polar surface area (TPSA) is 472 Å². The molecule has 0 saturated carbocycles. The van der Waals surface area contributed by atoms with E-state index in [0.717, 1.165) is 18.7 Å². The number of phenolic OH excluding ortho intramolecular Hbond substituents is 1. The van der Waals surface area contributed by atoms with Gasteiger partial charge in [0, 0.05) is 19.4 Å². The SMILES string of the molecule is CC(C)[C@H](NC(=O)[C@H](C)NC(=O)[C@@H](N)CC(=O)O)C(=O)N[C@@H](CCC(=O)O)C(=O)N1CCC[C@H]1C(=O)N[C@@H](Cc1ccc(O)cc1)C(=O)N[C@@H](CO)C(=O)N[C@@H](CO)C(=O)N[C@H](C(=O)N[C@@H](C)C(=O)O)[C@@H](C)O. The number of aromatic hydroxyl groups is 1. The lowest BCUT2D eigenvalue weighted by Gasteiger charge is -2.31. The molecule has 11 atom stereocenters. The summed E-state index contributed by atoms with van der Waals surface area (Å²) in [6, 6.07) is -10.4. The fraction of sp³-hybridized carbons (Fsp3) is 0.591. The minimum Gasteiger partial charge on any atom is -0.508 e. The number of hydrogen-bond donors (Lipinski definition) is 16. The van der Waals surface area contributed by atoms with Gasteiger partial charge in [0.05, 0.1) is 31.8 Å². The van der Waals surface area contributed by atoms with Gasteiger partial charge in [-0.2, -0.15) is 0 Å². The van der Waals surface area contributed by atoms with Gasteiger partial charge >= 0.3 is 17.9 Å². The van der Waals surface area contributed by atoms with E-state index >= 15 is 0 Å². The summed E-state index contributed by atoms with van der Waals surface area (Å²) < 4.78 is 0. The van der Waals surface area contributed by atoms with Crippen LogP contribution in [0.15, 0.2) is 24.3 Å².